The Bertz CT molecular complexity index is 897. The lowest BCUT2D eigenvalue weighted by Crippen LogP contribution is -2.29. The van der Waals surface area contributed by atoms with Gasteiger partial charge in [0.05, 0.1) is 10.6 Å². The van der Waals surface area contributed by atoms with Gasteiger partial charge < -0.3 is 10.6 Å². The molecule has 124 valence electrons. The molecule has 0 aliphatic heterocycles. The summed E-state index contributed by atoms with van der Waals surface area (Å²) in [7, 11) is 0. The highest BCUT2D eigenvalue weighted by atomic mass is 79.9. The lowest BCUT2D eigenvalue weighted by atomic mass is 10.2. The lowest BCUT2D eigenvalue weighted by Gasteiger charge is -2.10. The zero-order valence-electron chi connectivity index (χ0n) is 12.8. The van der Waals surface area contributed by atoms with Crippen LogP contribution < -0.4 is 10.6 Å². The fourth-order valence-corrected chi connectivity index (χ4v) is 2.75. The van der Waals surface area contributed by atoms with Gasteiger partial charge in [-0.15, -0.1) is 0 Å². The van der Waals surface area contributed by atoms with Crippen LogP contribution in [-0.2, 0) is 0 Å². The van der Waals surface area contributed by atoms with Crippen molar-refractivity contribution in [2.45, 2.75) is 6.92 Å². The maximum Gasteiger partial charge on any atom is 0.254 e. The molecule has 24 heavy (non-hydrogen) atoms. The number of fused-ring (bicyclic) bond motifs is 1. The molecule has 0 unspecified atom stereocenters. The van der Waals surface area contributed by atoms with Gasteiger partial charge in [-0.2, -0.15) is 14.6 Å². The Morgan fingerprint density at radius 2 is 2.17 bits per heavy atom. The molecule has 0 atom stereocenters. The number of carbonyl (C=O) groups is 1. The highest BCUT2D eigenvalue weighted by Gasteiger charge is 2.10. The fraction of sp³-hybridized carbons (Fsp3) is 0.200. The number of halogens is 2. The Labute approximate surface area is 151 Å². The van der Waals surface area contributed by atoms with Gasteiger partial charge in [0.2, 0.25) is 0 Å². The first kappa shape index (κ1) is 16.7. The van der Waals surface area contributed by atoms with Gasteiger partial charge in [-0.05, 0) is 25.1 Å². The van der Waals surface area contributed by atoms with Crippen LogP contribution in [0.5, 0.6) is 0 Å². The van der Waals surface area contributed by atoms with Crippen LogP contribution in [0.2, 0.25) is 5.02 Å². The van der Waals surface area contributed by atoms with E-state index in [-0.39, 0.29) is 5.91 Å². The highest BCUT2D eigenvalue weighted by Crippen LogP contribution is 2.20. The van der Waals surface area contributed by atoms with Crippen LogP contribution in [0.15, 0.2) is 35.1 Å². The van der Waals surface area contributed by atoms with Crippen molar-refractivity contribution in [2.75, 3.05) is 18.4 Å². The van der Waals surface area contributed by atoms with Crippen LogP contribution in [0.1, 0.15) is 16.1 Å². The molecule has 1 amide bonds. The van der Waals surface area contributed by atoms with Crippen molar-refractivity contribution in [1.82, 2.24) is 24.9 Å². The molecule has 3 aromatic rings. The van der Waals surface area contributed by atoms with Gasteiger partial charge in [-0.25, -0.2) is 4.98 Å². The van der Waals surface area contributed by atoms with Gasteiger partial charge in [0.1, 0.15) is 12.1 Å². The Balaban J connectivity index is 1.59. The number of carbonyl (C=O) groups excluding carboxylic acids is 1. The molecule has 2 heterocycles. The van der Waals surface area contributed by atoms with E-state index >= 15 is 0 Å². The second kappa shape index (κ2) is 7.14. The first-order chi connectivity index (χ1) is 11.5. The Kier molecular flexibility index (Phi) is 4.96. The lowest BCUT2D eigenvalue weighted by molar-refractivity contribution is 0.0955. The summed E-state index contributed by atoms with van der Waals surface area (Å²) < 4.78 is 2.41. The monoisotopic (exact) mass is 408 g/mol. The minimum atomic E-state index is -0.222. The summed E-state index contributed by atoms with van der Waals surface area (Å²) in [6.45, 7) is 2.84. The predicted molar refractivity (Wildman–Crippen MR) is 95.5 cm³/mol. The van der Waals surface area contributed by atoms with Gasteiger partial charge in [0.25, 0.3) is 11.7 Å². The third-order valence-electron chi connectivity index (χ3n) is 3.27. The van der Waals surface area contributed by atoms with Gasteiger partial charge in [-0.3, -0.25) is 4.79 Å². The summed E-state index contributed by atoms with van der Waals surface area (Å²) in [5.41, 5.74) is 1.27. The van der Waals surface area contributed by atoms with Crippen LogP contribution in [0.3, 0.4) is 0 Å². The Hall–Kier alpha value is -2.19. The molecule has 0 radical (unpaired) electrons. The zero-order valence-corrected chi connectivity index (χ0v) is 15.1. The molecule has 0 saturated carbocycles. The smallest absolute Gasteiger partial charge is 0.254 e. The summed E-state index contributed by atoms with van der Waals surface area (Å²) >= 11 is 9.38. The molecule has 9 heteroatoms. The summed E-state index contributed by atoms with van der Waals surface area (Å²) in [5.74, 6) is 1.08. The molecule has 7 nitrogen and oxygen atoms in total. The number of nitrogens with one attached hydrogen (secondary N) is 2. The molecule has 0 aliphatic rings. The molecule has 2 N–H and O–H groups in total. The minimum Gasteiger partial charge on any atom is -0.368 e. The molecule has 0 bridgehead atoms. The maximum atomic E-state index is 12.2. The van der Waals surface area contributed by atoms with E-state index in [1.807, 2.05) is 13.0 Å². The molecular formula is C15H14BrClN6O. The van der Waals surface area contributed by atoms with Crippen LogP contribution in [-0.4, -0.2) is 38.6 Å². The summed E-state index contributed by atoms with van der Waals surface area (Å²) in [4.78, 5) is 20.5. The SMILES string of the molecule is Cc1cc(NCCNC(=O)c2cc(Br)ccc2Cl)n2ncnc2n1. The number of anilines is 1. The maximum absolute atomic E-state index is 12.2. The highest BCUT2D eigenvalue weighted by molar-refractivity contribution is 9.10. The van der Waals surface area contributed by atoms with E-state index in [1.165, 1.54) is 6.33 Å². The molecule has 1 aromatic carbocycles. The van der Waals surface area contributed by atoms with E-state index in [9.17, 15) is 4.79 Å². The topological polar surface area (TPSA) is 84.2 Å². The zero-order chi connectivity index (χ0) is 17.1. The van der Waals surface area contributed by atoms with E-state index in [1.54, 1.807) is 22.7 Å². The standard InChI is InChI=1S/C15H14BrClN6O/c1-9-6-13(23-15(22-9)20-8-21-23)18-4-5-19-14(24)11-7-10(16)2-3-12(11)17/h2-3,6-8,18H,4-5H2,1H3,(H,19,24). The minimum absolute atomic E-state index is 0.222. The number of rotatable bonds is 5. The van der Waals surface area contributed by atoms with Gasteiger partial charge >= 0.3 is 0 Å². The van der Waals surface area contributed by atoms with Crippen LogP contribution >= 0.6 is 27.5 Å². The van der Waals surface area contributed by atoms with Crippen molar-refractivity contribution < 1.29 is 4.79 Å². The predicted octanol–water partition coefficient (Wildman–Crippen LogP) is 2.69. The van der Waals surface area contributed by atoms with Gasteiger partial charge in [-0.1, -0.05) is 27.5 Å². The molecule has 0 fully saturated rings. The number of hydrogen-bond donors (Lipinski definition) is 2. The van der Waals surface area contributed by atoms with Crippen LogP contribution in [0.4, 0.5) is 5.82 Å². The molecular weight excluding hydrogens is 396 g/mol. The first-order valence-electron chi connectivity index (χ1n) is 7.19. The molecule has 0 saturated heterocycles. The van der Waals surface area contributed by atoms with Crippen molar-refractivity contribution in [1.29, 1.82) is 0 Å². The largest absolute Gasteiger partial charge is 0.368 e. The van der Waals surface area contributed by atoms with Gasteiger partial charge in [0.15, 0.2) is 0 Å². The van der Waals surface area contributed by atoms with E-state index in [4.69, 9.17) is 11.6 Å². The van der Waals surface area contributed by atoms with Crippen LogP contribution in [0, 0.1) is 6.92 Å². The van der Waals surface area contributed by atoms with Crippen molar-refractivity contribution in [2.24, 2.45) is 0 Å². The average Bonchev–Trinajstić information content (AvgIpc) is 3.01. The molecule has 2 aromatic heterocycles. The van der Waals surface area contributed by atoms with Crippen LogP contribution in [0.25, 0.3) is 5.78 Å². The number of nitrogens with zero attached hydrogens (tertiary/aromatic N) is 4. The van der Waals surface area contributed by atoms with E-state index < -0.39 is 0 Å². The van der Waals surface area contributed by atoms with E-state index in [0.29, 0.717) is 29.5 Å². The first-order valence-corrected chi connectivity index (χ1v) is 8.36. The number of aromatic nitrogens is 4. The summed E-state index contributed by atoms with van der Waals surface area (Å²) in [6, 6.07) is 7.03. The number of amides is 1. The van der Waals surface area contributed by atoms with Crippen molar-refractivity contribution >= 4 is 45.0 Å². The van der Waals surface area contributed by atoms with Crippen molar-refractivity contribution in [3.8, 4) is 0 Å². The van der Waals surface area contributed by atoms with Crippen molar-refractivity contribution in [3.05, 3.63) is 51.3 Å². The average molecular weight is 410 g/mol. The molecule has 3 rings (SSSR count). The molecule has 0 spiro atoms. The third-order valence-corrected chi connectivity index (χ3v) is 4.09. The van der Waals surface area contributed by atoms with E-state index in [2.05, 4.69) is 41.6 Å². The second-order valence-corrected chi connectivity index (χ2v) is 6.38. The van der Waals surface area contributed by atoms with Gasteiger partial charge in [0, 0.05) is 29.3 Å². The quantitative estimate of drug-likeness (QED) is 0.633. The summed E-state index contributed by atoms with van der Waals surface area (Å²) in [6.07, 6.45) is 1.45. The Morgan fingerprint density at radius 1 is 1.33 bits per heavy atom. The van der Waals surface area contributed by atoms with E-state index in [0.717, 1.165) is 16.0 Å². The number of hydrogen-bond acceptors (Lipinski definition) is 5. The third kappa shape index (κ3) is 3.65. The fourth-order valence-electron chi connectivity index (χ4n) is 2.19. The second-order valence-electron chi connectivity index (χ2n) is 5.06. The Morgan fingerprint density at radius 3 is 3.00 bits per heavy atom. The number of benzene rings is 1. The number of aryl methyl sites for hydroxylation is 1. The normalized spacial score (nSPS) is 10.8. The molecule has 0 aliphatic carbocycles. The summed E-state index contributed by atoms with van der Waals surface area (Å²) in [5, 5.41) is 10.6. The van der Waals surface area contributed by atoms with Crippen molar-refractivity contribution in [3.63, 3.8) is 0 Å².